The van der Waals surface area contributed by atoms with Gasteiger partial charge in [0.2, 0.25) is 29.5 Å². The molecule has 1 aromatic heterocycles. The van der Waals surface area contributed by atoms with Crippen molar-refractivity contribution in [3.8, 4) is 0 Å². The number of hydrogen-bond donors (Lipinski definition) is 8. The van der Waals surface area contributed by atoms with E-state index in [9.17, 15) is 48.6 Å². The lowest BCUT2D eigenvalue weighted by atomic mass is 9.98. The van der Waals surface area contributed by atoms with Crippen LogP contribution < -0.4 is 26.6 Å². The van der Waals surface area contributed by atoms with E-state index in [2.05, 4.69) is 44.2 Å². The maximum Gasteiger partial charge on any atom is 0.305 e. The molecule has 5 amide bonds. The number of pyridine rings is 1. The summed E-state index contributed by atoms with van der Waals surface area (Å²) in [5, 5.41) is 31.3. The van der Waals surface area contributed by atoms with Crippen LogP contribution in [-0.4, -0.2) is 98.4 Å². The van der Waals surface area contributed by atoms with Crippen molar-refractivity contribution in [1.82, 2.24) is 31.6 Å². The Labute approximate surface area is 297 Å². The normalized spacial score (nSPS) is 14.0. The quantitative estimate of drug-likeness (QED) is 0.0718. The Morgan fingerprint density at radius 1 is 0.720 bits per heavy atom. The molecule has 0 saturated heterocycles. The SMILES string of the molecule is CC(=O)N[C@@H](Cc1cccnc1)C(=O)N[C@@H](CC(=O)O)C(=O)N[C@H](CC(=O)N[C@@H](CCC(C)C)C(=O)N[C@@H](CC(=O)O)C(=O)CS)CC(C)C. The van der Waals surface area contributed by atoms with Gasteiger partial charge in [0.05, 0.1) is 24.6 Å². The number of nitrogens with one attached hydrogen (secondary N) is 5. The minimum Gasteiger partial charge on any atom is -0.481 e. The van der Waals surface area contributed by atoms with Crippen molar-refractivity contribution in [1.29, 1.82) is 0 Å². The summed E-state index contributed by atoms with van der Waals surface area (Å²) in [6, 6.07) is -2.72. The van der Waals surface area contributed by atoms with Crippen LogP contribution in [0.2, 0.25) is 0 Å². The molecule has 5 atom stereocenters. The van der Waals surface area contributed by atoms with Gasteiger partial charge in [0, 0.05) is 38.2 Å². The Bertz CT molecular complexity index is 1340. The number of aromatic nitrogens is 1. The number of hydrogen-bond acceptors (Lipinski definition) is 10. The number of aliphatic carboxylic acids is 2. The minimum atomic E-state index is -1.57. The van der Waals surface area contributed by atoms with Crippen LogP contribution in [0.1, 0.15) is 78.7 Å². The van der Waals surface area contributed by atoms with Crippen LogP contribution in [0, 0.1) is 11.8 Å². The Balaban J connectivity index is 3.16. The lowest BCUT2D eigenvalue weighted by Gasteiger charge is -2.26. The van der Waals surface area contributed by atoms with Crippen LogP contribution in [0.5, 0.6) is 0 Å². The maximum atomic E-state index is 13.4. The van der Waals surface area contributed by atoms with Gasteiger partial charge in [0.25, 0.3) is 0 Å². The molecule has 50 heavy (non-hydrogen) atoms. The van der Waals surface area contributed by atoms with Gasteiger partial charge in [-0.25, -0.2) is 0 Å². The molecule has 7 N–H and O–H groups in total. The fourth-order valence-corrected chi connectivity index (χ4v) is 5.20. The summed E-state index contributed by atoms with van der Waals surface area (Å²) in [7, 11) is 0. The van der Waals surface area contributed by atoms with Crippen molar-refractivity contribution in [2.75, 3.05) is 5.75 Å². The van der Waals surface area contributed by atoms with E-state index in [1.165, 1.54) is 19.3 Å². The average molecular weight is 723 g/mol. The third-order valence-corrected chi connectivity index (χ3v) is 7.64. The smallest absolute Gasteiger partial charge is 0.305 e. The first-order valence-electron chi connectivity index (χ1n) is 16.3. The van der Waals surface area contributed by atoms with E-state index < -0.39 is 90.3 Å². The maximum absolute atomic E-state index is 13.4. The number of carbonyl (C=O) groups is 8. The lowest BCUT2D eigenvalue weighted by molar-refractivity contribution is -0.141. The van der Waals surface area contributed by atoms with Crippen molar-refractivity contribution >= 4 is 59.9 Å². The number of carbonyl (C=O) groups excluding carboxylic acids is 6. The summed E-state index contributed by atoms with van der Waals surface area (Å²) >= 11 is 3.89. The van der Waals surface area contributed by atoms with Crippen LogP contribution in [0.3, 0.4) is 0 Å². The molecule has 17 heteroatoms. The predicted molar refractivity (Wildman–Crippen MR) is 185 cm³/mol. The van der Waals surface area contributed by atoms with E-state index in [4.69, 9.17) is 0 Å². The van der Waals surface area contributed by atoms with Gasteiger partial charge in [0.1, 0.15) is 18.1 Å². The molecule has 0 aliphatic rings. The van der Waals surface area contributed by atoms with Crippen molar-refractivity contribution in [3.63, 3.8) is 0 Å². The standard InChI is InChI=1S/C33H50N6O10S/c1-18(2)8-9-23(31(47)38-24(14-29(43)44)27(41)17-50)37-28(42)13-22(11-19(3)4)36-32(48)26(15-30(45)46)39-33(49)25(35-20(5)40)12-21-7-6-10-34-16-21/h6-7,10,16,18-19,22-26,50H,8-9,11-15,17H2,1-5H3,(H,35,40)(H,36,48)(H,37,42)(H,38,47)(H,39,49)(H,43,44)(H,45,46)/t22-,23-,24-,25-,26-/m0/s1. The van der Waals surface area contributed by atoms with Crippen molar-refractivity contribution in [2.24, 2.45) is 11.8 Å². The van der Waals surface area contributed by atoms with E-state index in [0.717, 1.165) is 0 Å². The van der Waals surface area contributed by atoms with Crippen LogP contribution >= 0.6 is 12.6 Å². The van der Waals surface area contributed by atoms with E-state index in [1.807, 2.05) is 27.7 Å². The number of nitrogens with zero attached hydrogens (tertiary/aromatic N) is 1. The average Bonchev–Trinajstić information content (AvgIpc) is 3.00. The Kier molecular flexibility index (Phi) is 19.3. The summed E-state index contributed by atoms with van der Waals surface area (Å²) in [6.07, 6.45) is 2.20. The highest BCUT2D eigenvalue weighted by molar-refractivity contribution is 7.81. The molecule has 1 aromatic rings. The van der Waals surface area contributed by atoms with Crippen LogP contribution in [0.15, 0.2) is 24.5 Å². The fraction of sp³-hybridized carbons (Fsp3) is 0.606. The number of carboxylic acids is 2. The largest absolute Gasteiger partial charge is 0.481 e. The number of thiol groups is 1. The van der Waals surface area contributed by atoms with Gasteiger partial charge >= 0.3 is 11.9 Å². The summed E-state index contributed by atoms with van der Waals surface area (Å²) < 4.78 is 0. The van der Waals surface area contributed by atoms with Crippen LogP contribution in [-0.2, 0) is 44.8 Å². The van der Waals surface area contributed by atoms with E-state index >= 15 is 0 Å². The Hall–Kier alpha value is -4.54. The third kappa shape index (κ3) is 17.7. The lowest BCUT2D eigenvalue weighted by Crippen LogP contribution is -2.56. The van der Waals surface area contributed by atoms with E-state index in [0.29, 0.717) is 12.0 Å². The summed E-state index contributed by atoms with van der Waals surface area (Å²) in [5.74, 6) is -7.12. The summed E-state index contributed by atoms with van der Waals surface area (Å²) in [5.41, 5.74) is 0.606. The molecule has 16 nitrogen and oxygen atoms in total. The molecule has 0 unspecified atom stereocenters. The molecule has 0 saturated carbocycles. The zero-order valence-corrected chi connectivity index (χ0v) is 30.0. The van der Waals surface area contributed by atoms with Crippen LogP contribution in [0.25, 0.3) is 0 Å². The van der Waals surface area contributed by atoms with Gasteiger partial charge in [-0.2, -0.15) is 12.6 Å². The minimum absolute atomic E-state index is 0.0161. The molecular formula is C33H50N6O10S. The molecule has 278 valence electrons. The first kappa shape index (κ1) is 43.5. The highest BCUT2D eigenvalue weighted by atomic mass is 32.1. The van der Waals surface area contributed by atoms with Gasteiger partial charge in [-0.3, -0.25) is 43.3 Å². The number of Topliss-reactive ketones (excluding diaryl/α,β-unsaturated/α-hetero) is 1. The zero-order chi connectivity index (χ0) is 38.0. The molecule has 0 aliphatic heterocycles. The molecule has 1 rings (SSSR count). The van der Waals surface area contributed by atoms with E-state index in [-0.39, 0.29) is 43.3 Å². The van der Waals surface area contributed by atoms with Crippen molar-refractivity contribution in [2.45, 2.75) is 110 Å². The number of ketones is 1. The first-order chi connectivity index (χ1) is 23.4. The monoisotopic (exact) mass is 722 g/mol. The zero-order valence-electron chi connectivity index (χ0n) is 29.1. The van der Waals surface area contributed by atoms with Crippen LogP contribution in [0.4, 0.5) is 0 Å². The molecule has 0 radical (unpaired) electrons. The van der Waals surface area contributed by atoms with Crippen molar-refractivity contribution in [3.05, 3.63) is 30.1 Å². The second kappa shape index (κ2) is 22.2. The third-order valence-electron chi connectivity index (χ3n) is 7.33. The topological polar surface area (TPSA) is 250 Å². The molecule has 0 fully saturated rings. The Morgan fingerprint density at radius 3 is 1.82 bits per heavy atom. The Morgan fingerprint density at radius 2 is 1.30 bits per heavy atom. The second-order valence-electron chi connectivity index (χ2n) is 12.9. The summed E-state index contributed by atoms with van der Waals surface area (Å²) in [6.45, 7) is 8.70. The van der Waals surface area contributed by atoms with Gasteiger partial charge in [0.15, 0.2) is 5.78 Å². The van der Waals surface area contributed by atoms with E-state index in [1.54, 1.807) is 12.1 Å². The number of rotatable bonds is 23. The van der Waals surface area contributed by atoms with Gasteiger partial charge in [-0.15, -0.1) is 0 Å². The predicted octanol–water partition coefficient (Wildman–Crippen LogP) is 0.389. The highest BCUT2D eigenvalue weighted by Gasteiger charge is 2.32. The van der Waals surface area contributed by atoms with Gasteiger partial charge in [-0.1, -0.05) is 33.8 Å². The molecule has 1 heterocycles. The summed E-state index contributed by atoms with van der Waals surface area (Å²) in [4.78, 5) is 104. The molecular weight excluding hydrogens is 672 g/mol. The van der Waals surface area contributed by atoms with Crippen molar-refractivity contribution < 1.29 is 48.6 Å². The molecule has 0 spiro atoms. The van der Waals surface area contributed by atoms with Gasteiger partial charge < -0.3 is 36.8 Å². The number of carboxylic acid groups (broad SMARTS) is 2. The second-order valence-corrected chi connectivity index (χ2v) is 13.2. The highest BCUT2D eigenvalue weighted by Crippen LogP contribution is 2.12. The molecule has 0 bridgehead atoms. The fourth-order valence-electron chi connectivity index (χ4n) is 4.98. The number of amides is 5. The first-order valence-corrected chi connectivity index (χ1v) is 17.0. The molecule has 0 aliphatic carbocycles. The van der Waals surface area contributed by atoms with Gasteiger partial charge in [-0.05, 0) is 42.7 Å². The molecule has 0 aromatic carbocycles.